The molecule has 0 aromatic rings. The summed E-state index contributed by atoms with van der Waals surface area (Å²) in [5.74, 6) is 3.23. The van der Waals surface area contributed by atoms with Crippen LogP contribution in [-0.2, 0) is 9.47 Å². The first-order valence-corrected chi connectivity index (χ1v) is 10.5. The summed E-state index contributed by atoms with van der Waals surface area (Å²) in [5.41, 5.74) is 0. The molecule has 1 saturated carbocycles. The fourth-order valence-electron chi connectivity index (χ4n) is 3.76. The molecule has 0 radical (unpaired) electrons. The number of hydrogen-bond acceptors (Lipinski definition) is 3. The van der Waals surface area contributed by atoms with Crippen LogP contribution in [0.5, 0.6) is 0 Å². The smallest absolute Gasteiger partial charge is 0.191 e. The molecule has 1 heterocycles. The summed E-state index contributed by atoms with van der Waals surface area (Å²) in [6.45, 7) is 10.8. The van der Waals surface area contributed by atoms with E-state index in [4.69, 9.17) is 14.5 Å². The predicted molar refractivity (Wildman–Crippen MR) is 104 cm³/mol. The van der Waals surface area contributed by atoms with Crippen molar-refractivity contribution in [1.29, 1.82) is 0 Å². The van der Waals surface area contributed by atoms with Crippen molar-refractivity contribution in [3.63, 3.8) is 0 Å². The van der Waals surface area contributed by atoms with Gasteiger partial charge >= 0.3 is 0 Å². The summed E-state index contributed by atoms with van der Waals surface area (Å²) < 4.78 is 11.2. The highest BCUT2D eigenvalue weighted by Gasteiger charge is 2.20. The van der Waals surface area contributed by atoms with Crippen LogP contribution in [0.3, 0.4) is 0 Å². The van der Waals surface area contributed by atoms with Crippen LogP contribution in [0, 0.1) is 17.8 Å². The van der Waals surface area contributed by atoms with Gasteiger partial charge in [0.05, 0.1) is 0 Å². The van der Waals surface area contributed by atoms with E-state index in [0.29, 0.717) is 5.92 Å². The zero-order valence-corrected chi connectivity index (χ0v) is 16.4. The molecule has 0 spiro atoms. The Labute approximate surface area is 154 Å². The first-order chi connectivity index (χ1) is 12.3. The highest BCUT2D eigenvalue weighted by Crippen LogP contribution is 2.29. The van der Waals surface area contributed by atoms with E-state index in [1.54, 1.807) is 0 Å². The van der Waals surface area contributed by atoms with Crippen molar-refractivity contribution in [3.8, 4) is 0 Å². The molecule has 1 aliphatic carbocycles. The summed E-state index contributed by atoms with van der Waals surface area (Å²) in [5, 5.41) is 6.82. The average molecular weight is 354 g/mol. The van der Waals surface area contributed by atoms with Gasteiger partial charge in [0, 0.05) is 46.1 Å². The first kappa shape index (κ1) is 20.5. The van der Waals surface area contributed by atoms with Gasteiger partial charge in [-0.3, -0.25) is 4.99 Å². The number of guanidine groups is 1. The third-order valence-electron chi connectivity index (χ3n) is 5.57. The maximum atomic E-state index is 5.83. The summed E-state index contributed by atoms with van der Waals surface area (Å²) in [6.07, 6.45) is 8.79. The number of ether oxygens (including phenoxy) is 2. The fraction of sp³-hybridized carbons (Fsp3) is 0.950. The second-order valence-electron chi connectivity index (χ2n) is 7.65. The molecule has 5 heteroatoms. The highest BCUT2D eigenvalue weighted by atomic mass is 16.5. The van der Waals surface area contributed by atoms with Gasteiger partial charge in [0.2, 0.25) is 0 Å². The van der Waals surface area contributed by atoms with E-state index in [-0.39, 0.29) is 0 Å². The van der Waals surface area contributed by atoms with E-state index >= 15 is 0 Å². The lowest BCUT2D eigenvalue weighted by molar-refractivity contribution is 0.0203. The minimum Gasteiger partial charge on any atom is -0.381 e. The van der Waals surface area contributed by atoms with E-state index in [0.717, 1.165) is 83.1 Å². The zero-order chi connectivity index (χ0) is 17.7. The summed E-state index contributed by atoms with van der Waals surface area (Å²) >= 11 is 0. The Morgan fingerprint density at radius 3 is 2.68 bits per heavy atom. The fourth-order valence-corrected chi connectivity index (χ4v) is 3.76. The number of nitrogens with one attached hydrogen (secondary N) is 2. The maximum absolute atomic E-state index is 5.83. The maximum Gasteiger partial charge on any atom is 0.191 e. The zero-order valence-electron chi connectivity index (χ0n) is 16.4. The molecule has 2 rings (SSSR count). The van der Waals surface area contributed by atoms with Crippen molar-refractivity contribution >= 4 is 5.96 Å². The third kappa shape index (κ3) is 8.41. The van der Waals surface area contributed by atoms with E-state index < -0.39 is 0 Å². The summed E-state index contributed by atoms with van der Waals surface area (Å²) in [4.78, 5) is 4.82. The average Bonchev–Trinajstić information content (AvgIpc) is 2.64. The lowest BCUT2D eigenvalue weighted by Gasteiger charge is -2.27. The van der Waals surface area contributed by atoms with Gasteiger partial charge in [-0.05, 0) is 50.4 Å². The standard InChI is InChI=1S/C20H39N3O2/c1-3-21-20(23-15-19-8-5-4-7-17(19)2)22-11-6-12-25-16-18-9-13-24-14-10-18/h17-19H,3-16H2,1-2H3,(H2,21,22,23). The molecular formula is C20H39N3O2. The molecular weight excluding hydrogens is 314 g/mol. The molecule has 1 saturated heterocycles. The van der Waals surface area contributed by atoms with Crippen LogP contribution in [0.15, 0.2) is 4.99 Å². The molecule has 2 atom stereocenters. The van der Waals surface area contributed by atoms with Crippen molar-refractivity contribution in [3.05, 3.63) is 0 Å². The molecule has 146 valence electrons. The Hall–Kier alpha value is -0.810. The molecule has 2 N–H and O–H groups in total. The van der Waals surface area contributed by atoms with Gasteiger partial charge in [0.15, 0.2) is 5.96 Å². The van der Waals surface area contributed by atoms with Crippen LogP contribution in [0.1, 0.15) is 58.8 Å². The Balaban J connectivity index is 1.57. The largest absolute Gasteiger partial charge is 0.381 e. The molecule has 2 fully saturated rings. The van der Waals surface area contributed by atoms with Gasteiger partial charge in [0.1, 0.15) is 0 Å². The lowest BCUT2D eigenvalue weighted by atomic mass is 9.80. The van der Waals surface area contributed by atoms with Crippen molar-refractivity contribution in [2.75, 3.05) is 46.1 Å². The molecule has 0 aromatic heterocycles. The monoisotopic (exact) mass is 353 g/mol. The van der Waals surface area contributed by atoms with Crippen LogP contribution >= 0.6 is 0 Å². The molecule has 25 heavy (non-hydrogen) atoms. The molecule has 2 unspecified atom stereocenters. The van der Waals surface area contributed by atoms with Gasteiger partial charge in [-0.15, -0.1) is 0 Å². The third-order valence-corrected chi connectivity index (χ3v) is 5.57. The van der Waals surface area contributed by atoms with E-state index in [9.17, 15) is 0 Å². The molecule has 0 bridgehead atoms. The SMILES string of the molecule is CCNC(=NCC1CCCCC1C)NCCCOCC1CCOCC1. The van der Waals surface area contributed by atoms with Crippen molar-refractivity contribution < 1.29 is 9.47 Å². The number of aliphatic imine (C=N–C) groups is 1. The van der Waals surface area contributed by atoms with Crippen molar-refractivity contribution in [2.45, 2.75) is 58.8 Å². The minimum absolute atomic E-state index is 0.693. The summed E-state index contributed by atoms with van der Waals surface area (Å²) in [6, 6.07) is 0. The van der Waals surface area contributed by atoms with Crippen LogP contribution in [0.25, 0.3) is 0 Å². The Morgan fingerprint density at radius 2 is 1.92 bits per heavy atom. The topological polar surface area (TPSA) is 54.9 Å². The minimum atomic E-state index is 0.693. The molecule has 2 aliphatic rings. The Kier molecular flexibility index (Phi) is 10.3. The highest BCUT2D eigenvalue weighted by molar-refractivity contribution is 5.79. The number of rotatable bonds is 9. The van der Waals surface area contributed by atoms with Gasteiger partial charge in [-0.1, -0.05) is 26.2 Å². The van der Waals surface area contributed by atoms with Crippen molar-refractivity contribution in [1.82, 2.24) is 10.6 Å². The van der Waals surface area contributed by atoms with Crippen LogP contribution in [0.4, 0.5) is 0 Å². The molecule has 0 aromatic carbocycles. The van der Waals surface area contributed by atoms with E-state index in [1.807, 2.05) is 0 Å². The van der Waals surface area contributed by atoms with Crippen LogP contribution in [-0.4, -0.2) is 52.0 Å². The number of hydrogen-bond donors (Lipinski definition) is 2. The van der Waals surface area contributed by atoms with Crippen LogP contribution < -0.4 is 10.6 Å². The van der Waals surface area contributed by atoms with Gasteiger partial charge in [-0.25, -0.2) is 0 Å². The molecule has 0 amide bonds. The summed E-state index contributed by atoms with van der Waals surface area (Å²) in [7, 11) is 0. The number of nitrogens with zero attached hydrogens (tertiary/aromatic N) is 1. The second kappa shape index (κ2) is 12.5. The quantitative estimate of drug-likeness (QED) is 0.380. The van der Waals surface area contributed by atoms with Crippen molar-refractivity contribution in [2.24, 2.45) is 22.7 Å². The van der Waals surface area contributed by atoms with Gasteiger partial charge in [0.25, 0.3) is 0 Å². The predicted octanol–water partition coefficient (Wildman–Crippen LogP) is 3.20. The Morgan fingerprint density at radius 1 is 1.12 bits per heavy atom. The molecule has 5 nitrogen and oxygen atoms in total. The lowest BCUT2D eigenvalue weighted by Crippen LogP contribution is -2.38. The second-order valence-corrected chi connectivity index (χ2v) is 7.65. The Bertz CT molecular complexity index is 370. The van der Waals surface area contributed by atoms with Crippen LogP contribution in [0.2, 0.25) is 0 Å². The van der Waals surface area contributed by atoms with Gasteiger partial charge < -0.3 is 20.1 Å². The molecule has 1 aliphatic heterocycles. The first-order valence-electron chi connectivity index (χ1n) is 10.5. The normalized spacial score (nSPS) is 25.8. The van der Waals surface area contributed by atoms with Gasteiger partial charge in [-0.2, -0.15) is 0 Å². The van der Waals surface area contributed by atoms with E-state index in [2.05, 4.69) is 24.5 Å². The van der Waals surface area contributed by atoms with E-state index in [1.165, 1.54) is 25.7 Å².